The third kappa shape index (κ3) is 4.32. The van der Waals surface area contributed by atoms with E-state index in [4.69, 9.17) is 14.2 Å². The minimum Gasteiger partial charge on any atom is -0.494 e. The molecule has 0 N–H and O–H groups in total. The van der Waals surface area contributed by atoms with Crippen LogP contribution in [0.4, 0.5) is 0 Å². The standard InChI is InChI=1S/C31H46O5/c1-18(17-34-20(3)32)7-10-27-19(2)29-28(36-27)16-26-24-9-8-22-15-23(35-21(4)33)11-13-30(22,5)25(24)12-14-31(26,29)6/h8,18,23-26,28-29H,7,9-17H2,1-6H3/t18-,23+,24+,25-,26-,28+,29-,30+,31+/m1/s1. The molecule has 0 unspecified atom stereocenters. The van der Waals surface area contributed by atoms with E-state index in [1.807, 2.05) is 0 Å². The monoisotopic (exact) mass is 498 g/mol. The lowest BCUT2D eigenvalue weighted by Crippen LogP contribution is -2.50. The maximum atomic E-state index is 11.5. The minimum absolute atomic E-state index is 0.0643. The summed E-state index contributed by atoms with van der Waals surface area (Å²) in [6.45, 7) is 13.1. The Labute approximate surface area is 217 Å². The van der Waals surface area contributed by atoms with E-state index in [0.717, 1.165) is 43.9 Å². The number of carbonyl (C=O) groups is 2. The van der Waals surface area contributed by atoms with Crippen LogP contribution >= 0.6 is 0 Å². The minimum atomic E-state index is -0.200. The third-order valence-electron chi connectivity index (χ3n) is 11.0. The Hall–Kier alpha value is -1.78. The molecule has 0 saturated heterocycles. The van der Waals surface area contributed by atoms with Crippen LogP contribution in [-0.4, -0.2) is 30.8 Å². The molecule has 200 valence electrons. The Morgan fingerprint density at radius 3 is 2.64 bits per heavy atom. The molecule has 5 heteroatoms. The Kier molecular flexibility index (Phi) is 6.83. The van der Waals surface area contributed by atoms with Gasteiger partial charge in [-0.05, 0) is 91.9 Å². The highest BCUT2D eigenvalue weighted by Crippen LogP contribution is 2.69. The molecular weight excluding hydrogens is 452 g/mol. The van der Waals surface area contributed by atoms with Gasteiger partial charge >= 0.3 is 11.9 Å². The van der Waals surface area contributed by atoms with Gasteiger partial charge in [0.1, 0.15) is 12.2 Å². The van der Waals surface area contributed by atoms with Crippen molar-refractivity contribution in [3.63, 3.8) is 0 Å². The number of rotatable bonds is 6. The van der Waals surface area contributed by atoms with Gasteiger partial charge in [-0.1, -0.05) is 32.4 Å². The lowest BCUT2D eigenvalue weighted by Gasteiger charge is -2.58. The first kappa shape index (κ1) is 25.9. The number of hydrogen-bond acceptors (Lipinski definition) is 5. The lowest BCUT2D eigenvalue weighted by molar-refractivity contribution is -0.148. The van der Waals surface area contributed by atoms with Gasteiger partial charge in [-0.2, -0.15) is 0 Å². The summed E-state index contributed by atoms with van der Waals surface area (Å²) in [5.41, 5.74) is 3.62. The van der Waals surface area contributed by atoms with E-state index >= 15 is 0 Å². The van der Waals surface area contributed by atoms with Crippen molar-refractivity contribution in [2.75, 3.05) is 6.61 Å². The number of ether oxygens (including phenoxy) is 3. The molecule has 5 nitrogen and oxygen atoms in total. The lowest BCUT2D eigenvalue weighted by atomic mass is 9.47. The fourth-order valence-electron chi connectivity index (χ4n) is 9.27. The number of allylic oxidation sites excluding steroid dienone is 2. The fraction of sp³-hybridized carbons (Fsp3) is 0.806. The van der Waals surface area contributed by atoms with Crippen molar-refractivity contribution in [1.82, 2.24) is 0 Å². The second kappa shape index (κ2) is 9.51. The zero-order chi connectivity index (χ0) is 25.8. The summed E-state index contributed by atoms with van der Waals surface area (Å²) in [4.78, 5) is 22.7. The SMILES string of the molecule is CC(=O)OC[C@H](C)CCC1=C(C)[C@@H]2[C@H](C[C@@H]3[C@H]4CC=C5C[C@@H](OC(C)=O)CC[C@]5(C)[C@@H]4CC[C@@]32C)O1. The Bertz CT molecular complexity index is 964. The Balaban J connectivity index is 1.29. The van der Waals surface area contributed by atoms with E-state index in [1.165, 1.54) is 50.9 Å². The predicted octanol–water partition coefficient (Wildman–Crippen LogP) is 6.76. The Morgan fingerprint density at radius 2 is 1.92 bits per heavy atom. The third-order valence-corrected chi connectivity index (χ3v) is 11.0. The molecule has 0 aromatic heterocycles. The van der Waals surface area contributed by atoms with Crippen LogP contribution in [0.5, 0.6) is 0 Å². The highest BCUT2D eigenvalue weighted by molar-refractivity contribution is 5.66. The van der Waals surface area contributed by atoms with Gasteiger partial charge in [0.15, 0.2) is 0 Å². The van der Waals surface area contributed by atoms with Crippen LogP contribution in [0.25, 0.3) is 0 Å². The maximum absolute atomic E-state index is 11.5. The molecule has 9 atom stereocenters. The first-order valence-electron chi connectivity index (χ1n) is 14.4. The summed E-state index contributed by atoms with van der Waals surface area (Å²) in [5.74, 6) is 3.93. The molecule has 3 saturated carbocycles. The van der Waals surface area contributed by atoms with Gasteiger partial charge in [0.05, 0.1) is 12.4 Å². The van der Waals surface area contributed by atoms with Crippen molar-refractivity contribution in [3.05, 3.63) is 23.0 Å². The largest absolute Gasteiger partial charge is 0.494 e. The van der Waals surface area contributed by atoms with E-state index in [9.17, 15) is 9.59 Å². The van der Waals surface area contributed by atoms with Gasteiger partial charge in [0.25, 0.3) is 0 Å². The van der Waals surface area contributed by atoms with Crippen molar-refractivity contribution in [3.8, 4) is 0 Å². The fourth-order valence-corrected chi connectivity index (χ4v) is 9.27. The van der Waals surface area contributed by atoms with Crippen LogP contribution in [0, 0.1) is 40.4 Å². The van der Waals surface area contributed by atoms with Crippen molar-refractivity contribution < 1.29 is 23.8 Å². The number of carbonyl (C=O) groups excluding carboxylic acids is 2. The highest BCUT2D eigenvalue weighted by Gasteiger charge is 2.63. The molecular formula is C31H46O5. The van der Waals surface area contributed by atoms with Crippen LogP contribution in [0.2, 0.25) is 0 Å². The smallest absolute Gasteiger partial charge is 0.302 e. The molecule has 3 fully saturated rings. The number of esters is 2. The van der Waals surface area contributed by atoms with Gasteiger partial charge in [0.2, 0.25) is 0 Å². The highest BCUT2D eigenvalue weighted by atomic mass is 16.5. The predicted molar refractivity (Wildman–Crippen MR) is 139 cm³/mol. The number of hydrogen-bond donors (Lipinski definition) is 0. The number of fused-ring (bicyclic) bond motifs is 7. The van der Waals surface area contributed by atoms with Gasteiger partial charge in [0, 0.05) is 32.6 Å². The average Bonchev–Trinajstić information content (AvgIpc) is 3.29. The van der Waals surface area contributed by atoms with E-state index in [0.29, 0.717) is 35.9 Å². The molecule has 0 spiro atoms. The molecule has 4 aliphatic carbocycles. The van der Waals surface area contributed by atoms with Crippen molar-refractivity contribution in [2.45, 2.75) is 112 Å². The van der Waals surface area contributed by atoms with E-state index in [-0.39, 0.29) is 23.5 Å². The second-order valence-electron chi connectivity index (χ2n) is 13.2. The van der Waals surface area contributed by atoms with Gasteiger partial charge in [-0.15, -0.1) is 0 Å². The molecule has 36 heavy (non-hydrogen) atoms. The van der Waals surface area contributed by atoms with Crippen LogP contribution in [0.3, 0.4) is 0 Å². The summed E-state index contributed by atoms with van der Waals surface area (Å²) < 4.78 is 17.5. The van der Waals surface area contributed by atoms with Crippen LogP contribution in [0.15, 0.2) is 23.0 Å². The normalized spacial score (nSPS) is 41.8. The zero-order valence-electron chi connectivity index (χ0n) is 23.2. The van der Waals surface area contributed by atoms with Gasteiger partial charge in [-0.25, -0.2) is 0 Å². The molecule has 0 aromatic carbocycles. The van der Waals surface area contributed by atoms with Gasteiger partial charge in [-0.3, -0.25) is 9.59 Å². The quantitative estimate of drug-likeness (QED) is 0.299. The van der Waals surface area contributed by atoms with Crippen LogP contribution in [-0.2, 0) is 23.8 Å². The molecule has 0 bridgehead atoms. The molecule has 0 radical (unpaired) electrons. The maximum Gasteiger partial charge on any atom is 0.302 e. The first-order valence-corrected chi connectivity index (χ1v) is 14.4. The average molecular weight is 499 g/mol. The summed E-state index contributed by atoms with van der Waals surface area (Å²) in [7, 11) is 0. The molecule has 5 rings (SSSR count). The first-order chi connectivity index (χ1) is 17.0. The molecule has 0 aromatic rings. The zero-order valence-corrected chi connectivity index (χ0v) is 23.2. The summed E-state index contributed by atoms with van der Waals surface area (Å²) in [6, 6.07) is 0. The van der Waals surface area contributed by atoms with E-state index in [1.54, 1.807) is 5.57 Å². The molecule has 1 heterocycles. The molecule has 5 aliphatic rings. The van der Waals surface area contributed by atoms with Gasteiger partial charge < -0.3 is 14.2 Å². The molecule has 0 amide bonds. The van der Waals surface area contributed by atoms with E-state index in [2.05, 4.69) is 33.8 Å². The van der Waals surface area contributed by atoms with Crippen molar-refractivity contribution in [2.24, 2.45) is 40.4 Å². The Morgan fingerprint density at radius 1 is 1.14 bits per heavy atom. The summed E-state index contributed by atoms with van der Waals surface area (Å²) in [5, 5.41) is 0. The van der Waals surface area contributed by atoms with Crippen LogP contribution < -0.4 is 0 Å². The summed E-state index contributed by atoms with van der Waals surface area (Å²) >= 11 is 0. The van der Waals surface area contributed by atoms with Crippen LogP contribution in [0.1, 0.15) is 99.3 Å². The van der Waals surface area contributed by atoms with Crippen molar-refractivity contribution in [1.29, 1.82) is 0 Å². The van der Waals surface area contributed by atoms with Crippen molar-refractivity contribution >= 4 is 11.9 Å². The molecule has 1 aliphatic heterocycles. The topological polar surface area (TPSA) is 61.8 Å². The summed E-state index contributed by atoms with van der Waals surface area (Å²) in [6.07, 6.45) is 12.9. The second-order valence-corrected chi connectivity index (χ2v) is 13.2. The van der Waals surface area contributed by atoms with E-state index < -0.39 is 0 Å².